The second-order valence-electron chi connectivity index (χ2n) is 6.22. The van der Waals surface area contributed by atoms with Gasteiger partial charge in [-0.25, -0.2) is 0 Å². The van der Waals surface area contributed by atoms with Gasteiger partial charge in [0, 0.05) is 17.8 Å². The highest BCUT2D eigenvalue weighted by molar-refractivity contribution is 6.02. The van der Waals surface area contributed by atoms with E-state index in [1.807, 2.05) is 56.3 Å². The molecule has 0 radical (unpaired) electrons. The minimum atomic E-state index is -0.520. The lowest BCUT2D eigenvalue weighted by Crippen LogP contribution is -2.38. The van der Waals surface area contributed by atoms with Crippen LogP contribution in [0.25, 0.3) is 0 Å². The Labute approximate surface area is 162 Å². The molecule has 0 aliphatic carbocycles. The van der Waals surface area contributed by atoms with Crippen molar-refractivity contribution >= 4 is 17.3 Å². The number of anilines is 1. The Morgan fingerprint density at radius 2 is 1.96 bits per heavy atom. The zero-order valence-electron chi connectivity index (χ0n) is 15.6. The van der Waals surface area contributed by atoms with Crippen LogP contribution in [0.1, 0.15) is 42.4 Å². The Hall–Kier alpha value is -3.61. The summed E-state index contributed by atoms with van der Waals surface area (Å²) in [6.07, 6.45) is 6.24. The molecule has 1 aliphatic heterocycles. The summed E-state index contributed by atoms with van der Waals surface area (Å²) in [6, 6.07) is 11.6. The molecule has 0 fully saturated rings. The van der Waals surface area contributed by atoms with Gasteiger partial charge in [-0.05, 0) is 49.3 Å². The van der Waals surface area contributed by atoms with Crippen molar-refractivity contribution in [2.75, 3.05) is 5.32 Å². The molecule has 2 aromatic carbocycles. The lowest BCUT2D eigenvalue weighted by atomic mass is 10.0. The number of non-ortho nitro benzene ring substituents is 1. The minimum Gasteiger partial charge on any atom is -0.458 e. The third-order valence-corrected chi connectivity index (χ3v) is 4.22. The number of rotatable bonds is 6. The number of nitro groups is 1. The molecule has 7 nitrogen and oxygen atoms in total. The number of benzene rings is 2. The van der Waals surface area contributed by atoms with Crippen molar-refractivity contribution in [2.45, 2.75) is 26.4 Å². The molecular formula is C21H21N3O4. The molecule has 0 bridgehead atoms. The van der Waals surface area contributed by atoms with Crippen molar-refractivity contribution in [3.63, 3.8) is 0 Å². The molecule has 2 N–H and O–H groups in total. The molecule has 0 aromatic heterocycles. The van der Waals surface area contributed by atoms with Gasteiger partial charge in [-0.15, -0.1) is 0 Å². The number of fused-ring (bicyclic) bond motifs is 1. The van der Waals surface area contributed by atoms with E-state index in [2.05, 4.69) is 10.6 Å². The molecule has 0 spiro atoms. The van der Waals surface area contributed by atoms with Gasteiger partial charge in [0.2, 0.25) is 0 Å². The average Bonchev–Trinajstić information content (AvgIpc) is 2.68. The molecule has 3 rings (SSSR count). The number of nitro benzene ring substituents is 1. The zero-order valence-corrected chi connectivity index (χ0v) is 15.6. The SMILES string of the molecule is C/C=C\C(=C/CC)Oc1ccc(C2NC(=O)c3cc([N+](=O)[O-])ccc3N2)cc1. The van der Waals surface area contributed by atoms with E-state index in [-0.39, 0.29) is 17.2 Å². The molecule has 1 amide bonds. The first-order valence-corrected chi connectivity index (χ1v) is 8.98. The number of nitrogens with zero attached hydrogens (tertiary/aromatic N) is 1. The van der Waals surface area contributed by atoms with Crippen LogP contribution in [0.3, 0.4) is 0 Å². The standard InChI is InChI=1S/C21H21N3O4/c1-3-5-16(6-4-2)28-17-10-7-14(8-11-17)20-22-19-12-9-15(24(26)27)13-18(19)21(25)23-20/h3,5-13,20,22H,4H2,1-2H3,(H,23,25)/b5-3-,16-6+. The van der Waals surface area contributed by atoms with Crippen LogP contribution in [0.5, 0.6) is 5.75 Å². The fourth-order valence-electron chi connectivity index (χ4n) is 2.90. The summed E-state index contributed by atoms with van der Waals surface area (Å²) in [5, 5.41) is 16.9. The van der Waals surface area contributed by atoms with E-state index in [4.69, 9.17) is 4.74 Å². The van der Waals surface area contributed by atoms with Crippen molar-refractivity contribution in [2.24, 2.45) is 0 Å². The number of hydrogen-bond donors (Lipinski definition) is 2. The van der Waals surface area contributed by atoms with Gasteiger partial charge in [-0.2, -0.15) is 0 Å². The van der Waals surface area contributed by atoms with Gasteiger partial charge in [0.05, 0.1) is 10.5 Å². The number of carbonyl (C=O) groups is 1. The van der Waals surface area contributed by atoms with E-state index in [9.17, 15) is 14.9 Å². The maximum Gasteiger partial charge on any atom is 0.270 e. The Morgan fingerprint density at radius 1 is 1.21 bits per heavy atom. The third-order valence-electron chi connectivity index (χ3n) is 4.22. The van der Waals surface area contributed by atoms with Crippen molar-refractivity contribution in [1.29, 1.82) is 0 Å². The minimum absolute atomic E-state index is 0.118. The van der Waals surface area contributed by atoms with E-state index in [0.717, 1.165) is 17.7 Å². The summed E-state index contributed by atoms with van der Waals surface area (Å²) in [7, 11) is 0. The highest BCUT2D eigenvalue weighted by atomic mass is 16.6. The molecule has 7 heteroatoms. The van der Waals surface area contributed by atoms with Gasteiger partial charge >= 0.3 is 0 Å². The predicted molar refractivity (Wildman–Crippen MR) is 107 cm³/mol. The van der Waals surface area contributed by atoms with E-state index < -0.39 is 11.1 Å². The monoisotopic (exact) mass is 379 g/mol. The van der Waals surface area contributed by atoms with Crippen LogP contribution in [-0.2, 0) is 0 Å². The van der Waals surface area contributed by atoms with Crippen LogP contribution in [0, 0.1) is 10.1 Å². The highest BCUT2D eigenvalue weighted by Crippen LogP contribution is 2.30. The van der Waals surface area contributed by atoms with Gasteiger partial charge in [-0.3, -0.25) is 14.9 Å². The van der Waals surface area contributed by atoms with E-state index in [1.54, 1.807) is 6.07 Å². The normalized spacial score (nSPS) is 16.3. The molecule has 0 saturated heterocycles. The Balaban J connectivity index is 1.77. The first-order valence-electron chi connectivity index (χ1n) is 8.98. The van der Waals surface area contributed by atoms with Gasteiger partial charge in [-0.1, -0.05) is 25.1 Å². The first-order chi connectivity index (χ1) is 13.5. The van der Waals surface area contributed by atoms with Crippen molar-refractivity contribution in [3.8, 4) is 5.75 Å². The number of carbonyl (C=O) groups excluding carboxylic acids is 1. The lowest BCUT2D eigenvalue weighted by Gasteiger charge is -2.28. The van der Waals surface area contributed by atoms with Crippen molar-refractivity contribution in [1.82, 2.24) is 5.32 Å². The summed E-state index contributed by atoms with van der Waals surface area (Å²) in [5.74, 6) is 1.11. The summed E-state index contributed by atoms with van der Waals surface area (Å²) < 4.78 is 5.85. The summed E-state index contributed by atoms with van der Waals surface area (Å²) >= 11 is 0. The van der Waals surface area contributed by atoms with Crippen LogP contribution in [0.2, 0.25) is 0 Å². The Bertz CT molecular complexity index is 949. The van der Waals surface area contributed by atoms with Crippen LogP contribution in [0.15, 0.2) is 66.5 Å². The van der Waals surface area contributed by atoms with Crippen molar-refractivity contribution < 1.29 is 14.5 Å². The van der Waals surface area contributed by atoms with Gasteiger partial charge in [0.25, 0.3) is 11.6 Å². The van der Waals surface area contributed by atoms with E-state index in [0.29, 0.717) is 11.4 Å². The Morgan fingerprint density at radius 3 is 2.61 bits per heavy atom. The molecule has 1 atom stereocenters. The quantitative estimate of drug-likeness (QED) is 0.328. The summed E-state index contributed by atoms with van der Waals surface area (Å²) in [4.78, 5) is 22.8. The van der Waals surface area contributed by atoms with E-state index >= 15 is 0 Å². The molecule has 1 aliphatic rings. The molecule has 144 valence electrons. The number of ether oxygens (including phenoxy) is 1. The fourth-order valence-corrected chi connectivity index (χ4v) is 2.90. The number of amides is 1. The number of hydrogen-bond acceptors (Lipinski definition) is 5. The van der Waals surface area contributed by atoms with Crippen LogP contribution in [-0.4, -0.2) is 10.8 Å². The Kier molecular flexibility index (Phi) is 5.74. The fraction of sp³-hybridized carbons (Fsp3) is 0.190. The number of allylic oxidation sites excluding steroid dienone is 3. The second-order valence-corrected chi connectivity index (χ2v) is 6.22. The molecule has 1 unspecified atom stereocenters. The predicted octanol–water partition coefficient (Wildman–Crippen LogP) is 4.70. The van der Waals surface area contributed by atoms with Gasteiger partial charge in [0.1, 0.15) is 17.7 Å². The molecule has 28 heavy (non-hydrogen) atoms. The zero-order chi connectivity index (χ0) is 20.1. The topological polar surface area (TPSA) is 93.5 Å². The molecule has 2 aromatic rings. The van der Waals surface area contributed by atoms with Crippen LogP contribution in [0.4, 0.5) is 11.4 Å². The van der Waals surface area contributed by atoms with Gasteiger partial charge in [0.15, 0.2) is 0 Å². The molecule has 1 heterocycles. The highest BCUT2D eigenvalue weighted by Gasteiger charge is 2.26. The first kappa shape index (κ1) is 19.2. The summed E-state index contributed by atoms with van der Waals surface area (Å²) in [5.41, 5.74) is 1.54. The maximum absolute atomic E-state index is 12.4. The largest absolute Gasteiger partial charge is 0.458 e. The van der Waals surface area contributed by atoms with Crippen LogP contribution < -0.4 is 15.4 Å². The van der Waals surface area contributed by atoms with Crippen molar-refractivity contribution in [3.05, 3.63) is 87.7 Å². The molecular weight excluding hydrogens is 358 g/mol. The second kappa shape index (κ2) is 8.39. The summed E-state index contributed by atoms with van der Waals surface area (Å²) in [6.45, 7) is 3.97. The van der Waals surface area contributed by atoms with E-state index in [1.165, 1.54) is 12.1 Å². The lowest BCUT2D eigenvalue weighted by molar-refractivity contribution is -0.384. The molecule has 0 saturated carbocycles. The average molecular weight is 379 g/mol. The smallest absolute Gasteiger partial charge is 0.270 e. The number of nitrogens with one attached hydrogen (secondary N) is 2. The van der Waals surface area contributed by atoms with Gasteiger partial charge < -0.3 is 15.4 Å². The van der Waals surface area contributed by atoms with Crippen LogP contribution >= 0.6 is 0 Å². The maximum atomic E-state index is 12.4. The third kappa shape index (κ3) is 4.20.